The molecule has 4 bridgehead atoms. The molecule has 0 spiro atoms. The maximum absolute atomic E-state index is 13.0. The summed E-state index contributed by atoms with van der Waals surface area (Å²) >= 11 is 13.0. The number of hydrogen-bond acceptors (Lipinski definition) is 2. The summed E-state index contributed by atoms with van der Waals surface area (Å²) in [7, 11) is 0. The molecule has 0 heterocycles. The first-order valence-electron chi connectivity index (χ1n) is 8.54. The van der Waals surface area contributed by atoms with Gasteiger partial charge >= 0.3 is 5.97 Å². The number of hydrogen-bond donors (Lipinski definition) is 0. The minimum atomic E-state index is -0.360. The lowest BCUT2D eigenvalue weighted by Gasteiger charge is -2.58. The van der Waals surface area contributed by atoms with Crippen molar-refractivity contribution in [3.63, 3.8) is 0 Å². The molecule has 4 aliphatic carbocycles. The highest BCUT2D eigenvalue weighted by Gasteiger charge is 2.61. The topological polar surface area (TPSA) is 26.3 Å². The van der Waals surface area contributed by atoms with E-state index in [9.17, 15) is 4.79 Å². The Balaban J connectivity index is 1.54. The summed E-state index contributed by atoms with van der Waals surface area (Å²) in [4.78, 5) is 12.8. The second-order valence-electron chi connectivity index (χ2n) is 7.96. The van der Waals surface area contributed by atoms with Gasteiger partial charge in [-0.25, -0.2) is 0 Å². The zero-order valence-corrected chi connectivity index (χ0v) is 14.9. The number of ether oxygens (including phenoxy) is 1. The molecule has 124 valence electrons. The molecule has 0 saturated heterocycles. The van der Waals surface area contributed by atoms with Gasteiger partial charge in [-0.2, -0.15) is 0 Å². The molecule has 23 heavy (non-hydrogen) atoms. The van der Waals surface area contributed by atoms with Crippen LogP contribution >= 0.6 is 23.2 Å². The van der Waals surface area contributed by atoms with Crippen molar-refractivity contribution in [2.45, 2.75) is 56.4 Å². The van der Waals surface area contributed by atoms with Crippen LogP contribution in [0.2, 0.25) is 5.02 Å². The van der Waals surface area contributed by atoms with Crippen LogP contribution in [-0.4, -0.2) is 10.8 Å². The monoisotopic (exact) mass is 352 g/mol. The van der Waals surface area contributed by atoms with E-state index in [2.05, 4.69) is 0 Å². The average Bonchev–Trinajstić information content (AvgIpc) is 2.44. The minimum absolute atomic E-state index is 0.0657. The number of benzene rings is 1. The first-order chi connectivity index (χ1) is 10.9. The number of halogens is 2. The fraction of sp³-hybridized carbons (Fsp3) is 0.632. The number of carbonyl (C=O) groups excluding carboxylic acids is 1. The van der Waals surface area contributed by atoms with Crippen molar-refractivity contribution in [3.05, 3.63) is 34.9 Å². The molecule has 0 N–H and O–H groups in total. The Morgan fingerprint density at radius 1 is 1.22 bits per heavy atom. The van der Waals surface area contributed by atoms with Gasteiger partial charge in [-0.3, -0.25) is 4.79 Å². The Hall–Kier alpha value is -0.730. The number of esters is 1. The van der Waals surface area contributed by atoms with E-state index in [4.69, 9.17) is 27.9 Å². The molecule has 1 aromatic rings. The third-order valence-electron chi connectivity index (χ3n) is 6.05. The molecule has 0 radical (unpaired) electrons. The van der Waals surface area contributed by atoms with Gasteiger partial charge < -0.3 is 4.74 Å². The smallest absolute Gasteiger partial charge is 0.312 e. The third kappa shape index (κ3) is 2.68. The van der Waals surface area contributed by atoms with Gasteiger partial charge in [-0.15, -0.1) is 11.6 Å². The molecule has 4 heteroatoms. The van der Waals surface area contributed by atoms with E-state index >= 15 is 0 Å². The molecule has 4 aliphatic rings. The fourth-order valence-electron chi connectivity index (χ4n) is 5.54. The van der Waals surface area contributed by atoms with E-state index in [1.807, 2.05) is 31.2 Å². The van der Waals surface area contributed by atoms with Gasteiger partial charge in [0.2, 0.25) is 0 Å². The second kappa shape index (κ2) is 5.39. The zero-order valence-electron chi connectivity index (χ0n) is 13.4. The maximum atomic E-state index is 13.0. The van der Waals surface area contributed by atoms with Gasteiger partial charge in [0, 0.05) is 15.5 Å². The van der Waals surface area contributed by atoms with E-state index in [1.54, 1.807) is 0 Å². The summed E-state index contributed by atoms with van der Waals surface area (Å²) < 4.78 is 5.87. The maximum Gasteiger partial charge on any atom is 0.312 e. The summed E-state index contributed by atoms with van der Waals surface area (Å²) in [6, 6.07) is 7.56. The van der Waals surface area contributed by atoms with Crippen LogP contribution in [0.4, 0.5) is 0 Å². The predicted octanol–water partition coefficient (Wildman–Crippen LogP) is 5.52. The van der Waals surface area contributed by atoms with E-state index in [0.29, 0.717) is 16.9 Å². The van der Waals surface area contributed by atoms with E-state index < -0.39 is 0 Å². The molecular weight excluding hydrogens is 331 g/mol. The number of rotatable bonds is 3. The average molecular weight is 353 g/mol. The summed E-state index contributed by atoms with van der Waals surface area (Å²) in [5, 5.41) is 0.645. The van der Waals surface area contributed by atoms with Crippen molar-refractivity contribution in [2.75, 3.05) is 0 Å². The highest BCUT2D eigenvalue weighted by Crippen LogP contribution is 2.64. The molecule has 2 nitrogen and oxygen atoms in total. The highest BCUT2D eigenvalue weighted by molar-refractivity contribution is 6.31. The van der Waals surface area contributed by atoms with Crippen LogP contribution in [0.25, 0.3) is 0 Å². The highest BCUT2D eigenvalue weighted by atomic mass is 35.5. The van der Waals surface area contributed by atoms with Crippen LogP contribution in [0.3, 0.4) is 0 Å². The second-order valence-corrected chi connectivity index (χ2v) is 9.17. The first-order valence-corrected chi connectivity index (χ1v) is 9.29. The Bertz CT molecular complexity index is 628. The summed E-state index contributed by atoms with van der Waals surface area (Å²) in [6.45, 7) is 1.90. The van der Waals surface area contributed by atoms with Crippen molar-refractivity contribution in [1.29, 1.82) is 0 Å². The molecular formula is C19H22Cl2O2. The van der Waals surface area contributed by atoms with Gasteiger partial charge in [0.15, 0.2) is 0 Å². The zero-order chi connectivity index (χ0) is 16.2. The normalized spacial score (nSPS) is 39.3. The summed E-state index contributed by atoms with van der Waals surface area (Å²) in [5.74, 6) is 1.12. The van der Waals surface area contributed by atoms with Gasteiger partial charge in [0.25, 0.3) is 0 Å². The largest absolute Gasteiger partial charge is 0.457 e. The number of carbonyl (C=O) groups is 1. The van der Waals surface area contributed by atoms with Crippen molar-refractivity contribution >= 4 is 29.2 Å². The lowest BCUT2D eigenvalue weighted by atomic mass is 9.49. The van der Waals surface area contributed by atoms with Crippen molar-refractivity contribution < 1.29 is 9.53 Å². The fourth-order valence-corrected chi connectivity index (χ4v) is 6.53. The minimum Gasteiger partial charge on any atom is -0.457 e. The third-order valence-corrected chi connectivity index (χ3v) is 6.84. The van der Waals surface area contributed by atoms with E-state index in [0.717, 1.165) is 37.7 Å². The van der Waals surface area contributed by atoms with Crippen LogP contribution in [0, 0.1) is 17.3 Å². The lowest BCUT2D eigenvalue weighted by molar-refractivity contribution is -0.175. The SMILES string of the molecule is C[C@H](OC(=O)C12C[C@@H]3C[C@@H](CC(Cl)(C3)C1)C2)c1ccccc1Cl. The molecule has 5 rings (SSSR count). The van der Waals surface area contributed by atoms with Gasteiger partial charge in [-0.05, 0) is 63.4 Å². The summed E-state index contributed by atoms with van der Waals surface area (Å²) in [6.07, 6.45) is 5.74. The molecule has 1 aromatic carbocycles. The molecule has 0 aromatic heterocycles. The van der Waals surface area contributed by atoms with Gasteiger partial charge in [0.05, 0.1) is 5.41 Å². The van der Waals surface area contributed by atoms with Crippen LogP contribution in [0.5, 0.6) is 0 Å². The van der Waals surface area contributed by atoms with Gasteiger partial charge in [-0.1, -0.05) is 29.8 Å². The Labute approximate surface area is 147 Å². The van der Waals surface area contributed by atoms with Crippen LogP contribution < -0.4 is 0 Å². The summed E-state index contributed by atoms with van der Waals surface area (Å²) in [5.41, 5.74) is 0.509. The van der Waals surface area contributed by atoms with Crippen LogP contribution in [-0.2, 0) is 9.53 Å². The molecule has 4 fully saturated rings. The van der Waals surface area contributed by atoms with Crippen molar-refractivity contribution in [2.24, 2.45) is 17.3 Å². The van der Waals surface area contributed by atoms with Gasteiger partial charge in [0.1, 0.15) is 6.10 Å². The predicted molar refractivity (Wildman–Crippen MR) is 91.7 cm³/mol. The van der Waals surface area contributed by atoms with Crippen LogP contribution in [0.1, 0.15) is 57.1 Å². The van der Waals surface area contributed by atoms with Crippen molar-refractivity contribution in [3.8, 4) is 0 Å². The molecule has 4 saturated carbocycles. The number of alkyl halides is 1. The molecule has 0 amide bonds. The van der Waals surface area contributed by atoms with Crippen LogP contribution in [0.15, 0.2) is 24.3 Å². The molecule has 2 unspecified atom stereocenters. The standard InChI is InChI=1S/C19H22Cl2O2/c1-12(15-4-2-3-5-16(15)20)23-17(22)18-7-13-6-14(8-18)10-19(21,9-13)11-18/h2-5,12-14H,6-11H2,1H3/t12-,13-,14+,18?,19?/m0/s1. The lowest BCUT2D eigenvalue weighted by Crippen LogP contribution is -2.56. The quantitative estimate of drug-likeness (QED) is 0.528. The van der Waals surface area contributed by atoms with E-state index in [-0.39, 0.29) is 22.4 Å². The Kier molecular flexibility index (Phi) is 3.70. The molecule has 5 atom stereocenters. The Morgan fingerprint density at radius 3 is 2.48 bits per heavy atom. The Morgan fingerprint density at radius 2 is 1.87 bits per heavy atom. The first kappa shape index (κ1) is 15.8. The molecule has 0 aliphatic heterocycles. The van der Waals surface area contributed by atoms with Crippen molar-refractivity contribution in [1.82, 2.24) is 0 Å². The van der Waals surface area contributed by atoms with E-state index in [1.165, 1.54) is 6.42 Å².